The van der Waals surface area contributed by atoms with Gasteiger partial charge in [0.15, 0.2) is 0 Å². The maximum absolute atomic E-state index is 10.7. The molecule has 0 radical (unpaired) electrons. The Hall–Kier alpha value is -1.49. The van der Waals surface area contributed by atoms with E-state index in [-0.39, 0.29) is 4.90 Å². The zero-order valence-corrected chi connectivity index (χ0v) is 8.08. The average Bonchev–Trinajstić information content (AvgIpc) is 2.07. The molecule has 1 N–H and O–H groups in total. The largest absolute Gasteiger partial charge is 0.294 e. The molecule has 0 unspecified atom stereocenters. The molecule has 6 heteroatoms. The molecule has 5 nitrogen and oxygen atoms in total. The van der Waals surface area contributed by atoms with Gasteiger partial charge in [-0.15, -0.1) is 0 Å². The first-order valence-electron chi connectivity index (χ1n) is 3.61. The van der Waals surface area contributed by atoms with Crippen LogP contribution in [0.15, 0.2) is 28.1 Å². The lowest BCUT2D eigenvalue weighted by molar-refractivity contribution is 0.483. The quantitative estimate of drug-likeness (QED) is 0.454. The smallest absolute Gasteiger partial charge is 0.282 e. The molecule has 1 aromatic rings. The molecule has 0 saturated carbocycles. The fourth-order valence-corrected chi connectivity index (χ4v) is 1.53. The highest BCUT2D eigenvalue weighted by Gasteiger charge is 2.10. The van der Waals surface area contributed by atoms with Crippen LogP contribution in [0.25, 0.3) is 0 Å². The van der Waals surface area contributed by atoms with Crippen molar-refractivity contribution in [2.24, 2.45) is 4.99 Å². The molecule has 0 aromatic heterocycles. The van der Waals surface area contributed by atoms with E-state index >= 15 is 0 Å². The number of hydrogen-bond acceptors (Lipinski definition) is 4. The topological polar surface area (TPSA) is 83.8 Å². The van der Waals surface area contributed by atoms with Gasteiger partial charge in [-0.1, -0.05) is 0 Å². The molecule has 0 aliphatic heterocycles. The molecule has 0 amide bonds. The third-order valence-electron chi connectivity index (χ3n) is 1.63. The summed E-state index contributed by atoms with van der Waals surface area (Å²) < 4.78 is 30.1. The van der Waals surface area contributed by atoms with Gasteiger partial charge in [0.1, 0.15) is 0 Å². The van der Waals surface area contributed by atoms with Crippen molar-refractivity contribution < 1.29 is 17.8 Å². The van der Waals surface area contributed by atoms with Gasteiger partial charge in [-0.25, -0.2) is 4.79 Å². The highest BCUT2D eigenvalue weighted by atomic mass is 32.2. The van der Waals surface area contributed by atoms with Crippen molar-refractivity contribution in [1.29, 1.82) is 0 Å². The Labute approximate surface area is 80.8 Å². The first kappa shape index (κ1) is 10.6. The van der Waals surface area contributed by atoms with Crippen LogP contribution in [-0.4, -0.2) is 19.1 Å². The van der Waals surface area contributed by atoms with Gasteiger partial charge in [0.05, 0.1) is 10.6 Å². The number of hydrogen-bond donors (Lipinski definition) is 1. The lowest BCUT2D eigenvalue weighted by Crippen LogP contribution is -1.97. The molecule has 0 atom stereocenters. The molecule has 0 spiro atoms. The Kier molecular flexibility index (Phi) is 2.81. The van der Waals surface area contributed by atoms with Crippen molar-refractivity contribution >= 4 is 21.9 Å². The van der Waals surface area contributed by atoms with Gasteiger partial charge < -0.3 is 0 Å². The van der Waals surface area contributed by atoms with E-state index in [9.17, 15) is 13.2 Å². The van der Waals surface area contributed by atoms with E-state index in [4.69, 9.17) is 4.55 Å². The fraction of sp³-hybridized carbons (Fsp3) is 0.125. The summed E-state index contributed by atoms with van der Waals surface area (Å²) in [6.45, 7) is 1.57. The van der Waals surface area contributed by atoms with Crippen molar-refractivity contribution in [2.75, 3.05) is 0 Å². The van der Waals surface area contributed by atoms with Crippen molar-refractivity contribution in [3.05, 3.63) is 23.8 Å². The zero-order valence-electron chi connectivity index (χ0n) is 7.26. The predicted molar refractivity (Wildman–Crippen MR) is 48.8 cm³/mol. The summed E-state index contributed by atoms with van der Waals surface area (Å²) in [5.74, 6) is 0. The Balaban J connectivity index is 3.33. The van der Waals surface area contributed by atoms with Gasteiger partial charge in [0.2, 0.25) is 6.08 Å². The van der Waals surface area contributed by atoms with Crippen molar-refractivity contribution in [2.45, 2.75) is 11.8 Å². The Morgan fingerprint density at radius 3 is 2.50 bits per heavy atom. The van der Waals surface area contributed by atoms with Gasteiger partial charge in [0, 0.05) is 0 Å². The number of carbonyl (C=O) groups excluding carboxylic acids is 1. The van der Waals surface area contributed by atoms with E-state index in [0.29, 0.717) is 11.3 Å². The minimum Gasteiger partial charge on any atom is -0.282 e. The number of aliphatic imine (C=N–C) groups is 1. The normalized spacial score (nSPS) is 10.7. The predicted octanol–water partition coefficient (Wildman–Crippen LogP) is 1.21. The van der Waals surface area contributed by atoms with Gasteiger partial charge in [-0.2, -0.15) is 13.4 Å². The molecule has 14 heavy (non-hydrogen) atoms. The molecule has 0 heterocycles. The summed E-state index contributed by atoms with van der Waals surface area (Å²) in [6, 6.07) is 3.72. The summed E-state index contributed by atoms with van der Waals surface area (Å²) in [6.07, 6.45) is 1.35. The van der Waals surface area contributed by atoms with E-state index < -0.39 is 10.1 Å². The molecular weight excluding hydrogens is 206 g/mol. The highest BCUT2D eigenvalue weighted by molar-refractivity contribution is 7.85. The van der Waals surface area contributed by atoms with Crippen LogP contribution in [0, 0.1) is 6.92 Å². The van der Waals surface area contributed by atoms with Crippen LogP contribution < -0.4 is 0 Å². The first-order valence-corrected chi connectivity index (χ1v) is 5.05. The second kappa shape index (κ2) is 3.71. The van der Waals surface area contributed by atoms with Crippen LogP contribution >= 0.6 is 0 Å². The maximum Gasteiger partial charge on any atom is 0.294 e. The van der Waals surface area contributed by atoms with E-state index in [0.717, 1.165) is 0 Å². The van der Waals surface area contributed by atoms with E-state index in [1.165, 1.54) is 24.3 Å². The van der Waals surface area contributed by atoms with Crippen molar-refractivity contribution in [3.8, 4) is 0 Å². The number of aryl methyl sites for hydroxylation is 1. The van der Waals surface area contributed by atoms with E-state index in [1.807, 2.05) is 0 Å². The van der Waals surface area contributed by atoms with Crippen molar-refractivity contribution in [1.82, 2.24) is 0 Å². The summed E-state index contributed by atoms with van der Waals surface area (Å²) in [5.41, 5.74) is 0.802. The van der Waals surface area contributed by atoms with Gasteiger partial charge in [-0.3, -0.25) is 4.55 Å². The lowest BCUT2D eigenvalue weighted by atomic mass is 10.2. The van der Waals surface area contributed by atoms with Gasteiger partial charge >= 0.3 is 0 Å². The monoisotopic (exact) mass is 213 g/mol. The Morgan fingerprint density at radius 2 is 2.07 bits per heavy atom. The van der Waals surface area contributed by atoms with Gasteiger partial charge in [-0.05, 0) is 30.7 Å². The second-order valence-corrected chi connectivity index (χ2v) is 4.05. The number of rotatable bonds is 2. The number of isocyanates is 1. The van der Waals surface area contributed by atoms with Crippen LogP contribution in [0.5, 0.6) is 0 Å². The van der Waals surface area contributed by atoms with Crippen LogP contribution in [-0.2, 0) is 14.9 Å². The summed E-state index contributed by atoms with van der Waals surface area (Å²) in [5, 5.41) is 0. The van der Waals surface area contributed by atoms with Crippen LogP contribution in [0.3, 0.4) is 0 Å². The SMILES string of the molecule is Cc1cc(S(=O)(=O)O)ccc1N=C=O. The maximum atomic E-state index is 10.7. The summed E-state index contributed by atoms with van der Waals surface area (Å²) in [4.78, 5) is 13.1. The van der Waals surface area contributed by atoms with Crippen LogP contribution in [0.1, 0.15) is 5.56 Å². The average molecular weight is 213 g/mol. The van der Waals surface area contributed by atoms with Crippen LogP contribution in [0.2, 0.25) is 0 Å². The van der Waals surface area contributed by atoms with Gasteiger partial charge in [0.25, 0.3) is 10.1 Å². The van der Waals surface area contributed by atoms with E-state index in [2.05, 4.69) is 4.99 Å². The minimum atomic E-state index is -4.20. The van der Waals surface area contributed by atoms with Crippen molar-refractivity contribution in [3.63, 3.8) is 0 Å². The lowest BCUT2D eigenvalue weighted by Gasteiger charge is -2.00. The summed E-state index contributed by atoms with van der Waals surface area (Å²) >= 11 is 0. The Bertz CT molecular complexity index is 500. The molecule has 0 bridgehead atoms. The summed E-state index contributed by atoms with van der Waals surface area (Å²) in [7, 11) is -4.20. The molecular formula is C8H7NO4S. The molecule has 0 saturated heterocycles. The zero-order chi connectivity index (χ0) is 10.8. The highest BCUT2D eigenvalue weighted by Crippen LogP contribution is 2.21. The van der Waals surface area contributed by atoms with Crippen LogP contribution in [0.4, 0.5) is 5.69 Å². The molecule has 1 aromatic carbocycles. The number of nitrogens with zero attached hydrogens (tertiary/aromatic N) is 1. The second-order valence-electron chi connectivity index (χ2n) is 2.63. The molecule has 74 valence electrons. The standard InChI is InChI=1S/C8H7NO4S/c1-6-4-7(14(11,12)13)2-3-8(6)9-5-10/h2-4H,1H3,(H,11,12,13). The molecule has 0 fully saturated rings. The molecule has 0 aliphatic rings. The number of benzene rings is 1. The fourth-order valence-electron chi connectivity index (χ4n) is 0.963. The first-order chi connectivity index (χ1) is 6.45. The third-order valence-corrected chi connectivity index (χ3v) is 2.48. The minimum absolute atomic E-state index is 0.222. The Morgan fingerprint density at radius 1 is 1.43 bits per heavy atom. The molecule has 0 aliphatic carbocycles. The van der Waals surface area contributed by atoms with E-state index in [1.54, 1.807) is 6.92 Å². The third kappa shape index (κ3) is 2.26. The molecule has 1 rings (SSSR count).